The summed E-state index contributed by atoms with van der Waals surface area (Å²) in [6.45, 7) is -0.835. The lowest BCUT2D eigenvalue weighted by Crippen LogP contribution is -2.44. The van der Waals surface area contributed by atoms with E-state index in [1.165, 1.54) is 0 Å². The molecule has 0 aromatic heterocycles. The molecule has 84 valence electrons. The van der Waals surface area contributed by atoms with Gasteiger partial charge in [0.1, 0.15) is 0 Å². The molecule has 0 saturated carbocycles. The number of alkyl halides is 3. The molecule has 1 saturated heterocycles. The Kier molecular flexibility index (Phi) is 2.89. The fraction of sp³-hybridized carbons (Fsp3) is 0.500. The van der Waals surface area contributed by atoms with Gasteiger partial charge in [-0.1, -0.05) is 0 Å². The summed E-state index contributed by atoms with van der Waals surface area (Å²) >= 11 is 4.91. The van der Waals surface area contributed by atoms with E-state index < -0.39 is 30.0 Å². The molecule has 0 aromatic carbocycles. The van der Waals surface area contributed by atoms with Crippen LogP contribution in [0.15, 0.2) is 0 Å². The van der Waals surface area contributed by atoms with Gasteiger partial charge in [-0.15, -0.1) is 0 Å². The van der Waals surface area contributed by atoms with E-state index in [-0.39, 0.29) is 11.4 Å². The molecule has 0 radical (unpaired) electrons. The Balaban J connectivity index is 2.81. The van der Waals surface area contributed by atoms with E-state index in [1.54, 1.807) is 0 Å². The molecule has 0 aromatic rings. The van der Waals surface area contributed by atoms with E-state index >= 15 is 0 Å². The molecule has 1 heterocycles. The maximum atomic E-state index is 11.9. The Morgan fingerprint density at radius 2 is 1.67 bits per heavy atom. The number of imide groups is 2. The minimum atomic E-state index is -5.14. The van der Waals surface area contributed by atoms with Crippen LogP contribution in [0.3, 0.4) is 0 Å². The van der Waals surface area contributed by atoms with Crippen molar-refractivity contribution in [2.75, 3.05) is 13.1 Å². The summed E-state index contributed by atoms with van der Waals surface area (Å²) in [5, 5.41) is -1.21. The third kappa shape index (κ3) is 2.20. The predicted octanol–water partition coefficient (Wildman–Crippen LogP) is 1.17. The molecule has 15 heavy (non-hydrogen) atoms. The smallest absolute Gasteiger partial charge is 0.264 e. The number of rotatable bonds is 0. The second-order valence-corrected chi connectivity index (χ2v) is 2.97. The first-order chi connectivity index (χ1) is 6.75. The summed E-state index contributed by atoms with van der Waals surface area (Å²) in [5.41, 5.74) is 0. The Morgan fingerprint density at radius 3 is 2.00 bits per heavy atom. The molecule has 5 nitrogen and oxygen atoms in total. The van der Waals surface area contributed by atoms with Gasteiger partial charge in [0.15, 0.2) is 0 Å². The van der Waals surface area contributed by atoms with Gasteiger partial charge in [-0.3, -0.25) is 14.5 Å². The third-order valence-corrected chi connectivity index (χ3v) is 1.91. The molecule has 0 N–H and O–H groups in total. The highest BCUT2D eigenvalue weighted by Gasteiger charge is 2.48. The number of nitrogens with zero attached hydrogens (tertiary/aromatic N) is 2. The summed E-state index contributed by atoms with van der Waals surface area (Å²) in [4.78, 5) is 32.5. The molecule has 1 aliphatic heterocycles. The SMILES string of the molecule is O=C(Cl)N1CCN(C(=O)C(F)(F)F)C1=O. The van der Waals surface area contributed by atoms with Crippen molar-refractivity contribution in [3.05, 3.63) is 0 Å². The zero-order valence-electron chi connectivity index (χ0n) is 7.05. The van der Waals surface area contributed by atoms with Crippen LogP contribution in [0.5, 0.6) is 0 Å². The first-order valence-electron chi connectivity index (χ1n) is 3.65. The maximum Gasteiger partial charge on any atom is 0.471 e. The van der Waals surface area contributed by atoms with Crippen molar-refractivity contribution in [1.29, 1.82) is 0 Å². The molecule has 4 amide bonds. The van der Waals surface area contributed by atoms with Gasteiger partial charge in [0.2, 0.25) is 0 Å². The Morgan fingerprint density at radius 1 is 1.20 bits per heavy atom. The molecule has 0 atom stereocenters. The summed E-state index contributed by atoms with van der Waals surface area (Å²) in [5.74, 6) is -2.30. The van der Waals surface area contributed by atoms with Gasteiger partial charge in [0, 0.05) is 13.1 Å². The van der Waals surface area contributed by atoms with Crippen LogP contribution >= 0.6 is 11.6 Å². The summed E-state index contributed by atoms with van der Waals surface area (Å²) in [6.07, 6.45) is -5.14. The van der Waals surface area contributed by atoms with E-state index in [1.807, 2.05) is 0 Å². The van der Waals surface area contributed by atoms with Crippen LogP contribution < -0.4 is 0 Å². The lowest BCUT2D eigenvalue weighted by atomic mass is 10.5. The highest BCUT2D eigenvalue weighted by molar-refractivity contribution is 6.64. The molecular weight excluding hydrogens is 241 g/mol. The van der Waals surface area contributed by atoms with Crippen molar-refractivity contribution >= 4 is 28.9 Å². The average molecular weight is 245 g/mol. The normalized spacial score (nSPS) is 17.2. The molecule has 1 aliphatic rings. The number of halogens is 4. The number of carbonyl (C=O) groups is 3. The fourth-order valence-electron chi connectivity index (χ4n) is 1.04. The third-order valence-electron chi connectivity index (χ3n) is 1.71. The summed E-state index contributed by atoms with van der Waals surface area (Å²) in [7, 11) is 0. The Labute approximate surface area is 86.4 Å². The first-order valence-corrected chi connectivity index (χ1v) is 4.02. The zero-order valence-corrected chi connectivity index (χ0v) is 7.80. The highest BCUT2D eigenvalue weighted by atomic mass is 35.5. The summed E-state index contributed by atoms with van der Waals surface area (Å²) < 4.78 is 35.8. The van der Waals surface area contributed by atoms with E-state index in [4.69, 9.17) is 11.6 Å². The van der Waals surface area contributed by atoms with Crippen LogP contribution in [-0.4, -0.2) is 46.4 Å². The molecule has 0 bridgehead atoms. The van der Waals surface area contributed by atoms with Crippen molar-refractivity contribution < 1.29 is 27.6 Å². The van der Waals surface area contributed by atoms with E-state index in [9.17, 15) is 27.6 Å². The summed E-state index contributed by atoms with van der Waals surface area (Å²) in [6, 6.07) is -1.35. The second-order valence-electron chi connectivity index (χ2n) is 2.64. The van der Waals surface area contributed by atoms with Crippen LogP contribution in [0, 0.1) is 0 Å². The molecule has 9 heteroatoms. The number of hydrogen-bond acceptors (Lipinski definition) is 3. The van der Waals surface area contributed by atoms with Crippen LogP contribution in [0.2, 0.25) is 0 Å². The molecule has 1 rings (SSSR count). The topological polar surface area (TPSA) is 57.7 Å². The Bertz CT molecular complexity index is 330. The van der Waals surface area contributed by atoms with E-state index in [0.29, 0.717) is 4.90 Å². The maximum absolute atomic E-state index is 11.9. The van der Waals surface area contributed by atoms with E-state index in [0.717, 1.165) is 0 Å². The number of hydrogen-bond donors (Lipinski definition) is 0. The molecule has 1 fully saturated rings. The van der Waals surface area contributed by atoms with Crippen molar-refractivity contribution in [1.82, 2.24) is 9.80 Å². The number of amides is 4. The van der Waals surface area contributed by atoms with Gasteiger partial charge in [-0.2, -0.15) is 13.2 Å². The molecule has 0 spiro atoms. The van der Waals surface area contributed by atoms with Gasteiger partial charge in [0.05, 0.1) is 0 Å². The standard InChI is InChI=1S/C6H4ClF3N2O3/c7-4(14)12-2-1-11(5(12)15)3(13)6(8,9)10/h1-2H2. The van der Waals surface area contributed by atoms with Crippen LogP contribution in [0.1, 0.15) is 0 Å². The lowest BCUT2D eigenvalue weighted by molar-refractivity contribution is -0.181. The quantitative estimate of drug-likeness (QED) is 0.475. The van der Waals surface area contributed by atoms with Crippen LogP contribution in [0.25, 0.3) is 0 Å². The molecule has 0 aliphatic carbocycles. The van der Waals surface area contributed by atoms with E-state index in [2.05, 4.69) is 0 Å². The molecular formula is C6H4ClF3N2O3. The van der Waals surface area contributed by atoms with Crippen molar-refractivity contribution in [3.8, 4) is 0 Å². The highest BCUT2D eigenvalue weighted by Crippen LogP contribution is 2.22. The first kappa shape index (κ1) is 11.8. The van der Waals surface area contributed by atoms with Crippen LogP contribution in [-0.2, 0) is 4.79 Å². The van der Waals surface area contributed by atoms with Crippen molar-refractivity contribution in [3.63, 3.8) is 0 Å². The van der Waals surface area contributed by atoms with Crippen molar-refractivity contribution in [2.24, 2.45) is 0 Å². The minimum absolute atomic E-state index is 0.0692. The van der Waals surface area contributed by atoms with Gasteiger partial charge in [0.25, 0.3) is 0 Å². The van der Waals surface area contributed by atoms with Gasteiger partial charge >= 0.3 is 23.5 Å². The van der Waals surface area contributed by atoms with Crippen molar-refractivity contribution in [2.45, 2.75) is 6.18 Å². The fourth-order valence-corrected chi connectivity index (χ4v) is 1.20. The Hall–Kier alpha value is -1.31. The van der Waals surface area contributed by atoms with Gasteiger partial charge < -0.3 is 0 Å². The van der Waals surface area contributed by atoms with Crippen LogP contribution in [0.4, 0.5) is 22.8 Å². The zero-order chi connectivity index (χ0) is 11.8. The lowest BCUT2D eigenvalue weighted by Gasteiger charge is -2.15. The predicted molar refractivity (Wildman–Crippen MR) is 41.1 cm³/mol. The van der Waals surface area contributed by atoms with Gasteiger partial charge in [-0.05, 0) is 11.6 Å². The minimum Gasteiger partial charge on any atom is -0.264 e. The monoisotopic (exact) mass is 244 g/mol. The molecule has 0 unspecified atom stereocenters. The largest absolute Gasteiger partial charge is 0.471 e. The number of carbonyl (C=O) groups excluding carboxylic acids is 3. The second kappa shape index (κ2) is 3.69. The average Bonchev–Trinajstić information content (AvgIpc) is 2.44. The van der Waals surface area contributed by atoms with Gasteiger partial charge in [-0.25, -0.2) is 9.69 Å². The number of urea groups is 1.